The third-order valence-corrected chi connectivity index (χ3v) is 6.35. The van der Waals surface area contributed by atoms with Crippen LogP contribution in [0.2, 0.25) is 5.02 Å². The average molecular weight is 488 g/mol. The number of hydrogen-bond donors (Lipinski definition) is 1. The first-order valence-electron chi connectivity index (χ1n) is 11.6. The summed E-state index contributed by atoms with van der Waals surface area (Å²) in [6, 6.07) is 13.7. The van der Waals surface area contributed by atoms with E-state index in [0.29, 0.717) is 30.9 Å². The molecule has 1 N–H and O–H groups in total. The predicted molar refractivity (Wildman–Crippen MR) is 130 cm³/mol. The highest BCUT2D eigenvalue weighted by Crippen LogP contribution is 2.29. The van der Waals surface area contributed by atoms with Gasteiger partial charge in [0.25, 0.3) is 5.91 Å². The van der Waals surface area contributed by atoms with Crippen molar-refractivity contribution in [3.05, 3.63) is 53.1 Å². The third kappa shape index (κ3) is 6.33. The second kappa shape index (κ2) is 11.4. The number of imide groups is 1. The Hall–Kier alpha value is -2.97. The number of ether oxygens (including phenoxy) is 3. The highest BCUT2D eigenvalue weighted by molar-refractivity contribution is 6.30. The topological polar surface area (TPSA) is 80.3 Å². The lowest BCUT2D eigenvalue weighted by atomic mass is 10.1. The van der Waals surface area contributed by atoms with Gasteiger partial charge in [-0.05, 0) is 55.2 Å². The van der Waals surface area contributed by atoms with Crippen LogP contribution >= 0.6 is 11.6 Å². The number of nitrogens with zero attached hydrogens (tertiary/aromatic N) is 2. The Morgan fingerprint density at radius 3 is 2.62 bits per heavy atom. The fourth-order valence-electron chi connectivity index (χ4n) is 4.24. The van der Waals surface area contributed by atoms with Gasteiger partial charge in [0, 0.05) is 43.4 Å². The molecule has 0 aromatic heterocycles. The Balaban J connectivity index is 1.21. The SMILES string of the molecule is COc1ccc(CCC2OC(=O)NC2=O)cc1OCCCN1CCN(c2cccc(Cl)c2)CC1. The number of aryl methyl sites for hydroxylation is 1. The number of piperazine rings is 1. The molecule has 0 spiro atoms. The molecule has 0 aliphatic carbocycles. The summed E-state index contributed by atoms with van der Waals surface area (Å²) in [4.78, 5) is 27.7. The van der Waals surface area contributed by atoms with Crippen LogP contribution < -0.4 is 19.7 Å². The van der Waals surface area contributed by atoms with Gasteiger partial charge in [0.05, 0.1) is 13.7 Å². The smallest absolute Gasteiger partial charge is 0.414 e. The van der Waals surface area contributed by atoms with E-state index in [1.165, 1.54) is 5.69 Å². The van der Waals surface area contributed by atoms with E-state index >= 15 is 0 Å². The number of methoxy groups -OCH3 is 1. The Bertz CT molecular complexity index is 1010. The number of hydrogen-bond acceptors (Lipinski definition) is 7. The summed E-state index contributed by atoms with van der Waals surface area (Å²) in [6.45, 7) is 5.51. The van der Waals surface area contributed by atoms with Crippen LogP contribution in [0, 0.1) is 0 Å². The summed E-state index contributed by atoms with van der Waals surface area (Å²) in [5, 5.41) is 2.92. The number of halogens is 1. The molecule has 0 radical (unpaired) electrons. The fourth-order valence-corrected chi connectivity index (χ4v) is 4.43. The first kappa shape index (κ1) is 24.2. The molecule has 1 atom stereocenters. The van der Waals surface area contributed by atoms with Crippen LogP contribution in [0.25, 0.3) is 0 Å². The van der Waals surface area contributed by atoms with Crippen LogP contribution in [0.15, 0.2) is 42.5 Å². The van der Waals surface area contributed by atoms with E-state index in [0.717, 1.165) is 49.7 Å². The number of carbonyl (C=O) groups excluding carboxylic acids is 2. The molecule has 2 aromatic rings. The summed E-state index contributed by atoms with van der Waals surface area (Å²) in [6.07, 6.45) is 0.494. The van der Waals surface area contributed by atoms with Gasteiger partial charge >= 0.3 is 6.09 Å². The molecular weight excluding hydrogens is 458 g/mol. The lowest BCUT2D eigenvalue weighted by Crippen LogP contribution is -2.46. The number of benzene rings is 2. The maximum atomic E-state index is 11.7. The number of rotatable bonds is 10. The zero-order valence-electron chi connectivity index (χ0n) is 19.3. The van der Waals surface area contributed by atoms with Gasteiger partial charge in [-0.25, -0.2) is 4.79 Å². The summed E-state index contributed by atoms with van der Waals surface area (Å²) in [7, 11) is 1.61. The van der Waals surface area contributed by atoms with Crippen LogP contribution in [0.3, 0.4) is 0 Å². The van der Waals surface area contributed by atoms with Crippen molar-refractivity contribution in [2.75, 3.05) is 51.3 Å². The quantitative estimate of drug-likeness (QED) is 0.514. The lowest BCUT2D eigenvalue weighted by molar-refractivity contribution is -0.123. The predicted octanol–water partition coefficient (Wildman–Crippen LogP) is 3.51. The van der Waals surface area contributed by atoms with Crippen molar-refractivity contribution < 1.29 is 23.8 Å². The van der Waals surface area contributed by atoms with Crippen molar-refractivity contribution in [2.24, 2.45) is 0 Å². The second-order valence-corrected chi connectivity index (χ2v) is 8.85. The summed E-state index contributed by atoms with van der Waals surface area (Å²) in [5.41, 5.74) is 2.16. The average Bonchev–Trinajstić information content (AvgIpc) is 3.17. The number of cyclic esters (lactones) is 1. The maximum Gasteiger partial charge on any atom is 0.414 e. The van der Waals surface area contributed by atoms with E-state index in [9.17, 15) is 9.59 Å². The summed E-state index contributed by atoms with van der Waals surface area (Å²) >= 11 is 6.12. The monoisotopic (exact) mass is 487 g/mol. The molecule has 2 amide bonds. The minimum Gasteiger partial charge on any atom is -0.493 e. The van der Waals surface area contributed by atoms with Crippen molar-refractivity contribution in [1.29, 1.82) is 0 Å². The molecule has 34 heavy (non-hydrogen) atoms. The van der Waals surface area contributed by atoms with Gasteiger partial charge in [-0.3, -0.25) is 15.0 Å². The molecule has 2 aliphatic rings. The lowest BCUT2D eigenvalue weighted by Gasteiger charge is -2.36. The number of carbonyl (C=O) groups is 2. The molecule has 2 aliphatic heterocycles. The van der Waals surface area contributed by atoms with Crippen molar-refractivity contribution in [3.63, 3.8) is 0 Å². The molecular formula is C25H30ClN3O5. The normalized spacial score (nSPS) is 18.5. The van der Waals surface area contributed by atoms with E-state index in [2.05, 4.69) is 21.2 Å². The van der Waals surface area contributed by atoms with Crippen LogP contribution in [0.4, 0.5) is 10.5 Å². The summed E-state index contributed by atoms with van der Waals surface area (Å²) < 4.78 is 16.4. The van der Waals surface area contributed by atoms with E-state index < -0.39 is 12.2 Å². The zero-order chi connectivity index (χ0) is 23.9. The van der Waals surface area contributed by atoms with E-state index in [-0.39, 0.29) is 5.91 Å². The molecule has 8 nitrogen and oxygen atoms in total. The Morgan fingerprint density at radius 2 is 1.91 bits per heavy atom. The molecule has 1 unspecified atom stereocenters. The van der Waals surface area contributed by atoms with Crippen molar-refractivity contribution in [3.8, 4) is 11.5 Å². The van der Waals surface area contributed by atoms with E-state index in [4.69, 9.17) is 25.8 Å². The molecule has 182 valence electrons. The molecule has 2 heterocycles. The first-order chi connectivity index (χ1) is 16.5. The maximum absolute atomic E-state index is 11.7. The minimum absolute atomic E-state index is 0.386. The molecule has 2 aromatic carbocycles. The zero-order valence-corrected chi connectivity index (χ0v) is 20.1. The Labute approximate surface area is 204 Å². The standard InChI is InChI=1S/C25H30ClN3O5/c1-32-21-8-6-18(7-9-22-24(30)27-25(31)34-22)16-23(21)33-15-3-10-28-11-13-29(14-12-28)20-5-2-4-19(26)17-20/h2,4-6,8,16-17,22H,3,7,9-15H2,1H3,(H,27,30,31). The number of alkyl carbamates (subject to hydrolysis) is 1. The third-order valence-electron chi connectivity index (χ3n) is 6.11. The van der Waals surface area contributed by atoms with Gasteiger partial charge in [0.1, 0.15) is 0 Å². The second-order valence-electron chi connectivity index (χ2n) is 8.42. The molecule has 4 rings (SSSR count). The molecule has 2 fully saturated rings. The van der Waals surface area contributed by atoms with Gasteiger partial charge in [0.2, 0.25) is 0 Å². The van der Waals surface area contributed by atoms with Gasteiger partial charge < -0.3 is 19.1 Å². The van der Waals surface area contributed by atoms with Gasteiger partial charge in [-0.1, -0.05) is 23.7 Å². The Kier molecular flexibility index (Phi) is 8.13. The highest BCUT2D eigenvalue weighted by Gasteiger charge is 2.31. The summed E-state index contributed by atoms with van der Waals surface area (Å²) in [5.74, 6) is 0.964. The van der Waals surface area contributed by atoms with Crippen LogP contribution in [-0.2, 0) is 16.0 Å². The van der Waals surface area contributed by atoms with Crippen molar-refractivity contribution in [1.82, 2.24) is 10.2 Å². The number of nitrogens with one attached hydrogen (secondary N) is 1. The number of anilines is 1. The largest absolute Gasteiger partial charge is 0.493 e. The van der Waals surface area contributed by atoms with Crippen LogP contribution in [-0.4, -0.2) is 69.4 Å². The minimum atomic E-state index is -0.738. The highest BCUT2D eigenvalue weighted by atomic mass is 35.5. The number of amides is 2. The van der Waals surface area contributed by atoms with Crippen molar-refractivity contribution >= 4 is 29.3 Å². The van der Waals surface area contributed by atoms with E-state index in [1.54, 1.807) is 7.11 Å². The van der Waals surface area contributed by atoms with E-state index in [1.807, 2.05) is 36.4 Å². The van der Waals surface area contributed by atoms with Crippen LogP contribution in [0.1, 0.15) is 18.4 Å². The Morgan fingerprint density at radius 1 is 1.09 bits per heavy atom. The first-order valence-corrected chi connectivity index (χ1v) is 11.9. The molecule has 2 saturated heterocycles. The van der Waals surface area contributed by atoms with Gasteiger partial charge in [-0.2, -0.15) is 0 Å². The molecule has 0 bridgehead atoms. The van der Waals surface area contributed by atoms with Crippen LogP contribution in [0.5, 0.6) is 11.5 Å². The molecule has 0 saturated carbocycles. The molecule has 9 heteroatoms. The van der Waals surface area contributed by atoms with Crippen molar-refractivity contribution in [2.45, 2.75) is 25.4 Å². The van der Waals surface area contributed by atoms with Gasteiger partial charge in [0.15, 0.2) is 17.6 Å². The fraction of sp³-hybridized carbons (Fsp3) is 0.440. The van der Waals surface area contributed by atoms with Gasteiger partial charge in [-0.15, -0.1) is 0 Å².